The lowest BCUT2D eigenvalue weighted by molar-refractivity contribution is 0.0758. The quantitative estimate of drug-likeness (QED) is 0.432. The number of hydrogen-bond donors (Lipinski definition) is 2. The highest BCUT2D eigenvalue weighted by atomic mass is 31.2. The SMILES string of the molecule is CCOP(O)OCO. The van der Waals surface area contributed by atoms with Crippen molar-refractivity contribution in [1.29, 1.82) is 0 Å². The first kappa shape index (κ1) is 8.27. The minimum atomic E-state index is -1.83. The van der Waals surface area contributed by atoms with Crippen LogP contribution in [0.3, 0.4) is 0 Å². The van der Waals surface area contributed by atoms with Crippen LogP contribution in [0.1, 0.15) is 6.92 Å². The molecule has 0 aliphatic rings. The summed E-state index contributed by atoms with van der Waals surface area (Å²) in [7, 11) is -1.83. The summed E-state index contributed by atoms with van der Waals surface area (Å²) in [6.07, 6.45) is 0. The third-order valence-electron chi connectivity index (χ3n) is 0.408. The third kappa shape index (κ3) is 4.43. The minimum absolute atomic E-state index is 0.391. The van der Waals surface area contributed by atoms with Crippen LogP contribution in [0, 0.1) is 0 Å². The maximum absolute atomic E-state index is 8.51. The molecule has 0 aromatic heterocycles. The molecule has 0 radical (unpaired) electrons. The number of aliphatic hydroxyl groups excluding tert-OH is 1. The number of aliphatic hydroxyl groups is 1. The molecule has 0 aliphatic heterocycles. The predicted molar refractivity (Wildman–Crippen MR) is 28.9 cm³/mol. The van der Waals surface area contributed by atoms with Gasteiger partial charge in [-0.1, -0.05) is 0 Å². The molecule has 0 fully saturated rings. The smallest absolute Gasteiger partial charge is 0.332 e. The molecule has 0 aromatic carbocycles. The van der Waals surface area contributed by atoms with Crippen molar-refractivity contribution in [1.82, 2.24) is 0 Å². The highest BCUT2D eigenvalue weighted by Crippen LogP contribution is 2.31. The molecule has 1 unspecified atom stereocenters. The van der Waals surface area contributed by atoms with Crippen molar-refractivity contribution in [3.05, 3.63) is 0 Å². The summed E-state index contributed by atoms with van der Waals surface area (Å²) in [6, 6.07) is 0. The summed E-state index contributed by atoms with van der Waals surface area (Å²) in [5, 5.41) is 8.02. The lowest BCUT2D eigenvalue weighted by Crippen LogP contribution is -1.89. The minimum Gasteiger partial charge on any atom is -0.370 e. The van der Waals surface area contributed by atoms with Gasteiger partial charge in [-0.3, -0.25) is 4.52 Å². The zero-order valence-electron chi connectivity index (χ0n) is 4.57. The summed E-state index contributed by atoms with van der Waals surface area (Å²) in [5.41, 5.74) is 0. The summed E-state index contributed by atoms with van der Waals surface area (Å²) in [4.78, 5) is 8.51. The maximum Gasteiger partial charge on any atom is 0.332 e. The van der Waals surface area contributed by atoms with E-state index in [1.165, 1.54) is 0 Å². The fraction of sp³-hybridized carbons (Fsp3) is 1.00. The molecule has 0 bridgehead atoms. The molecule has 0 amide bonds. The van der Waals surface area contributed by atoms with Gasteiger partial charge >= 0.3 is 8.60 Å². The van der Waals surface area contributed by atoms with Crippen LogP contribution in [0.25, 0.3) is 0 Å². The molecule has 0 saturated heterocycles. The first-order valence-electron chi connectivity index (χ1n) is 2.17. The molecule has 0 heterocycles. The third-order valence-corrected chi connectivity index (χ3v) is 1.22. The van der Waals surface area contributed by atoms with E-state index in [1.54, 1.807) is 6.92 Å². The Bertz CT molecular complexity index is 44.5. The van der Waals surface area contributed by atoms with Crippen molar-refractivity contribution in [2.45, 2.75) is 6.92 Å². The second kappa shape index (κ2) is 5.41. The standard InChI is InChI=1S/C3H9O4P/c1-2-6-8(5)7-3-4/h4-5H,2-3H2,1H3. The van der Waals surface area contributed by atoms with E-state index < -0.39 is 15.4 Å². The zero-order valence-corrected chi connectivity index (χ0v) is 5.47. The van der Waals surface area contributed by atoms with Gasteiger partial charge in [-0.05, 0) is 6.92 Å². The Morgan fingerprint density at radius 3 is 2.50 bits per heavy atom. The molecule has 5 heteroatoms. The van der Waals surface area contributed by atoms with Crippen LogP contribution >= 0.6 is 8.60 Å². The van der Waals surface area contributed by atoms with Gasteiger partial charge in [0.05, 0.1) is 6.61 Å². The highest BCUT2D eigenvalue weighted by Gasteiger charge is 2.01. The van der Waals surface area contributed by atoms with Crippen LogP contribution in [0.5, 0.6) is 0 Å². The van der Waals surface area contributed by atoms with Crippen molar-refractivity contribution in [2.24, 2.45) is 0 Å². The van der Waals surface area contributed by atoms with Crippen LogP contribution in [-0.4, -0.2) is 23.4 Å². The van der Waals surface area contributed by atoms with E-state index in [-0.39, 0.29) is 0 Å². The van der Waals surface area contributed by atoms with Crippen molar-refractivity contribution in [2.75, 3.05) is 13.4 Å². The largest absolute Gasteiger partial charge is 0.370 e. The Morgan fingerprint density at radius 2 is 2.12 bits per heavy atom. The number of hydrogen-bond acceptors (Lipinski definition) is 4. The second-order valence-electron chi connectivity index (χ2n) is 0.914. The summed E-state index contributed by atoms with van der Waals surface area (Å²) < 4.78 is 8.76. The molecule has 0 rings (SSSR count). The van der Waals surface area contributed by atoms with E-state index >= 15 is 0 Å². The van der Waals surface area contributed by atoms with E-state index in [2.05, 4.69) is 9.05 Å². The Hall–Kier alpha value is 0.270. The van der Waals surface area contributed by atoms with Crippen LogP contribution in [0.4, 0.5) is 0 Å². The predicted octanol–water partition coefficient (Wildman–Crippen LogP) is 0.209. The maximum atomic E-state index is 8.51. The normalized spacial score (nSPS) is 13.9. The second-order valence-corrected chi connectivity index (χ2v) is 1.91. The molecule has 0 spiro atoms. The van der Waals surface area contributed by atoms with Gasteiger partial charge in [-0.15, -0.1) is 0 Å². The fourth-order valence-corrected chi connectivity index (χ4v) is 0.591. The van der Waals surface area contributed by atoms with Gasteiger partial charge in [-0.25, -0.2) is 0 Å². The highest BCUT2D eigenvalue weighted by molar-refractivity contribution is 7.40. The Balaban J connectivity index is 2.92. The molecule has 8 heavy (non-hydrogen) atoms. The van der Waals surface area contributed by atoms with Gasteiger partial charge in [0, 0.05) is 0 Å². The first-order valence-corrected chi connectivity index (χ1v) is 3.30. The molecular weight excluding hydrogens is 131 g/mol. The van der Waals surface area contributed by atoms with E-state index in [0.29, 0.717) is 6.61 Å². The topological polar surface area (TPSA) is 58.9 Å². The van der Waals surface area contributed by atoms with Crippen molar-refractivity contribution < 1.29 is 19.0 Å². The monoisotopic (exact) mass is 140 g/mol. The lowest BCUT2D eigenvalue weighted by atomic mass is 10.9. The van der Waals surface area contributed by atoms with Gasteiger partial charge in [0.15, 0.2) is 6.79 Å². The van der Waals surface area contributed by atoms with E-state index in [0.717, 1.165) is 0 Å². The zero-order chi connectivity index (χ0) is 6.41. The van der Waals surface area contributed by atoms with Crippen molar-refractivity contribution in [3.63, 3.8) is 0 Å². The average Bonchev–Trinajstić information content (AvgIpc) is 1.68. The Morgan fingerprint density at radius 1 is 1.50 bits per heavy atom. The molecule has 0 aliphatic carbocycles. The van der Waals surface area contributed by atoms with Crippen LogP contribution in [0.2, 0.25) is 0 Å². The fourth-order valence-electron chi connectivity index (χ4n) is 0.197. The lowest BCUT2D eigenvalue weighted by Gasteiger charge is -2.04. The molecule has 50 valence electrons. The van der Waals surface area contributed by atoms with Gasteiger partial charge in [0.25, 0.3) is 0 Å². The van der Waals surface area contributed by atoms with Crippen molar-refractivity contribution >= 4 is 8.60 Å². The molecular formula is C3H9O4P. The molecule has 0 aromatic rings. The molecule has 0 saturated carbocycles. The van der Waals surface area contributed by atoms with Crippen molar-refractivity contribution in [3.8, 4) is 0 Å². The van der Waals surface area contributed by atoms with Crippen LogP contribution < -0.4 is 0 Å². The molecule has 1 atom stereocenters. The Kier molecular flexibility index (Phi) is 5.59. The number of rotatable bonds is 4. The molecule has 4 nitrogen and oxygen atoms in total. The van der Waals surface area contributed by atoms with Gasteiger partial charge < -0.3 is 14.5 Å². The van der Waals surface area contributed by atoms with E-state index in [4.69, 9.17) is 10.00 Å². The van der Waals surface area contributed by atoms with Crippen LogP contribution in [-0.2, 0) is 9.05 Å². The Labute approximate surface area is 49.0 Å². The van der Waals surface area contributed by atoms with Gasteiger partial charge in [0.1, 0.15) is 0 Å². The van der Waals surface area contributed by atoms with Gasteiger partial charge in [0.2, 0.25) is 0 Å². The van der Waals surface area contributed by atoms with E-state index in [1.807, 2.05) is 0 Å². The summed E-state index contributed by atoms with van der Waals surface area (Å²) >= 11 is 0. The summed E-state index contributed by atoms with van der Waals surface area (Å²) in [6.45, 7) is 1.62. The van der Waals surface area contributed by atoms with E-state index in [9.17, 15) is 0 Å². The first-order chi connectivity index (χ1) is 3.81. The summed E-state index contributed by atoms with van der Waals surface area (Å²) in [5.74, 6) is 0. The van der Waals surface area contributed by atoms with Crippen LogP contribution in [0.15, 0.2) is 0 Å². The van der Waals surface area contributed by atoms with Gasteiger partial charge in [-0.2, -0.15) is 0 Å². The molecule has 2 N–H and O–H groups in total. The average molecular weight is 140 g/mol.